The molecule has 0 bridgehead atoms. The molecule has 4 aliphatic rings. The van der Waals surface area contributed by atoms with E-state index >= 15 is 4.79 Å². The number of phenols is 1. The van der Waals surface area contributed by atoms with Crippen LogP contribution in [0, 0.1) is 23.7 Å². The number of alkyl halides is 3. The summed E-state index contributed by atoms with van der Waals surface area (Å²) in [5.41, 5.74) is 1.49. The number of aromatic nitrogens is 1. The van der Waals surface area contributed by atoms with Crippen LogP contribution in [0.5, 0.6) is 17.2 Å². The van der Waals surface area contributed by atoms with Crippen molar-refractivity contribution in [2.45, 2.75) is 30.4 Å². The Bertz CT molecular complexity index is 2470. The van der Waals surface area contributed by atoms with Crippen LogP contribution in [0.15, 0.2) is 84.4 Å². The molecule has 18 heteroatoms. The highest BCUT2D eigenvalue weighted by Gasteiger charge is 2.70. The fraction of sp³-hybridized carbons (Fsp3) is 0.293. The number of amides is 4. The molecular formula is C41H33Cl3F3N5O7. The molecule has 1 saturated carbocycles. The van der Waals surface area contributed by atoms with E-state index in [1.54, 1.807) is 36.4 Å². The Morgan fingerprint density at radius 3 is 2.25 bits per heavy atom. The number of halogens is 6. The quantitative estimate of drug-likeness (QED) is 0.133. The number of hydrogen-bond donors (Lipinski definition) is 2. The lowest BCUT2D eigenvalue weighted by atomic mass is 9.49. The highest BCUT2D eigenvalue weighted by molar-refractivity contribution is 6.36. The van der Waals surface area contributed by atoms with Gasteiger partial charge in [0, 0.05) is 18.0 Å². The Labute approximate surface area is 350 Å². The maximum absolute atomic E-state index is 15.4. The van der Waals surface area contributed by atoms with Gasteiger partial charge in [-0.05, 0) is 84.5 Å². The Balaban J connectivity index is 1.30. The molecule has 4 aromatic rings. The molecule has 2 N–H and O–H groups in total. The predicted octanol–water partition coefficient (Wildman–Crippen LogP) is 7.82. The van der Waals surface area contributed by atoms with Crippen LogP contribution in [0.25, 0.3) is 0 Å². The first kappa shape index (κ1) is 40.3. The molecule has 3 fully saturated rings. The molecule has 8 rings (SSSR count). The van der Waals surface area contributed by atoms with Gasteiger partial charge in [0.05, 0.1) is 53.1 Å². The number of anilines is 2. The summed E-state index contributed by atoms with van der Waals surface area (Å²) in [5.74, 6) is -8.06. The number of nitrogens with one attached hydrogen (secondary N) is 1. The van der Waals surface area contributed by atoms with Gasteiger partial charge >= 0.3 is 6.18 Å². The standard InChI is InChI=1S/C41H33Cl3F3N5O7/c1-50(35-27(43)12-15-32(48-35)41(45,46)47)52-36(54)24-11-10-23-25(33(24)38(52)56)18-26-37(55)51(49-29-13-7-21(42)17-28(29)44)39(57)40(26,20-5-8-22(58-2)9-6-20)34(23)19-4-14-31(59-3)30(53)16-19/h4-10,12-17,24-26,33-34,49,53H,11,18H2,1-3H3. The molecule has 59 heavy (non-hydrogen) atoms. The van der Waals surface area contributed by atoms with Crippen molar-refractivity contribution in [3.05, 3.63) is 116 Å². The zero-order valence-electron chi connectivity index (χ0n) is 31.3. The van der Waals surface area contributed by atoms with Crippen LogP contribution in [0.3, 0.4) is 0 Å². The Kier molecular flexibility index (Phi) is 10.00. The van der Waals surface area contributed by atoms with Crippen LogP contribution < -0.4 is 19.9 Å². The maximum atomic E-state index is 15.4. The Morgan fingerprint density at radius 1 is 0.881 bits per heavy atom. The number of rotatable bonds is 8. The summed E-state index contributed by atoms with van der Waals surface area (Å²) in [4.78, 5) is 63.0. The number of hydrazine groups is 2. The van der Waals surface area contributed by atoms with Crippen LogP contribution >= 0.6 is 34.8 Å². The normalized spacial score (nSPS) is 25.0. The molecule has 0 radical (unpaired) electrons. The fourth-order valence-corrected chi connectivity index (χ4v) is 9.97. The van der Waals surface area contributed by atoms with E-state index in [0.29, 0.717) is 33.5 Å². The monoisotopic (exact) mass is 869 g/mol. The average Bonchev–Trinajstić information content (AvgIpc) is 3.58. The number of aromatic hydroxyl groups is 1. The topological polar surface area (TPSA) is 142 Å². The van der Waals surface area contributed by atoms with E-state index < -0.39 is 76.3 Å². The Hall–Kier alpha value is -5.51. The second-order valence-corrected chi connectivity index (χ2v) is 15.9. The highest BCUT2D eigenvalue weighted by Crippen LogP contribution is 2.64. The van der Waals surface area contributed by atoms with Gasteiger partial charge in [-0.15, -0.1) is 0 Å². The first-order chi connectivity index (χ1) is 28.0. The van der Waals surface area contributed by atoms with Crippen molar-refractivity contribution in [1.82, 2.24) is 15.0 Å². The van der Waals surface area contributed by atoms with E-state index in [-0.39, 0.29) is 40.1 Å². The largest absolute Gasteiger partial charge is 0.504 e. The molecular weight excluding hydrogens is 838 g/mol. The van der Waals surface area contributed by atoms with E-state index in [4.69, 9.17) is 44.3 Å². The van der Waals surface area contributed by atoms with E-state index in [0.717, 1.165) is 21.1 Å². The third-order valence-corrected chi connectivity index (χ3v) is 12.7. The number of carbonyl (C=O) groups is 4. The lowest BCUT2D eigenvalue weighted by Gasteiger charge is -2.50. The van der Waals surface area contributed by atoms with Gasteiger partial charge in [-0.25, -0.2) is 4.98 Å². The number of ether oxygens (including phenoxy) is 2. The van der Waals surface area contributed by atoms with Crippen LogP contribution in [-0.2, 0) is 30.8 Å². The van der Waals surface area contributed by atoms with Crippen molar-refractivity contribution in [1.29, 1.82) is 0 Å². The zero-order valence-corrected chi connectivity index (χ0v) is 33.5. The summed E-state index contributed by atoms with van der Waals surface area (Å²) < 4.78 is 52.0. The lowest BCUT2D eigenvalue weighted by Crippen LogP contribution is -2.53. The second kappa shape index (κ2) is 14.6. The summed E-state index contributed by atoms with van der Waals surface area (Å²) in [6.45, 7) is 0. The summed E-state index contributed by atoms with van der Waals surface area (Å²) >= 11 is 19.0. The molecule has 1 aromatic heterocycles. The number of phenolic OH excluding ortho intramolecular Hbond substituents is 1. The van der Waals surface area contributed by atoms with Gasteiger partial charge in [0.25, 0.3) is 23.6 Å². The number of methoxy groups -OCH3 is 2. The van der Waals surface area contributed by atoms with Crippen molar-refractivity contribution >= 4 is 69.9 Å². The summed E-state index contributed by atoms with van der Waals surface area (Å²) in [6.07, 6.45) is -3.16. The predicted molar refractivity (Wildman–Crippen MR) is 210 cm³/mol. The summed E-state index contributed by atoms with van der Waals surface area (Å²) in [6, 6.07) is 17.5. The van der Waals surface area contributed by atoms with Crippen LogP contribution in [0.1, 0.15) is 35.6 Å². The van der Waals surface area contributed by atoms with Gasteiger partial charge in [-0.2, -0.15) is 23.2 Å². The number of benzene rings is 3. The molecule has 0 spiro atoms. The van der Waals surface area contributed by atoms with E-state index in [2.05, 4.69) is 10.4 Å². The van der Waals surface area contributed by atoms with Crippen molar-refractivity contribution in [3.8, 4) is 17.2 Å². The highest BCUT2D eigenvalue weighted by atomic mass is 35.5. The van der Waals surface area contributed by atoms with E-state index in [9.17, 15) is 32.7 Å². The third-order valence-electron chi connectivity index (χ3n) is 11.8. The number of hydrogen-bond acceptors (Lipinski definition) is 10. The molecule has 6 unspecified atom stereocenters. The molecule has 2 aliphatic heterocycles. The van der Waals surface area contributed by atoms with Gasteiger partial charge in [0.2, 0.25) is 0 Å². The summed E-state index contributed by atoms with van der Waals surface area (Å²) in [7, 11) is 4.08. The molecule has 306 valence electrons. The van der Waals surface area contributed by atoms with Gasteiger partial charge in [0.15, 0.2) is 17.3 Å². The zero-order chi connectivity index (χ0) is 42.3. The number of carbonyl (C=O) groups excluding carboxylic acids is 4. The van der Waals surface area contributed by atoms with Gasteiger partial charge < -0.3 is 14.6 Å². The van der Waals surface area contributed by atoms with Gasteiger partial charge in [-0.3, -0.25) is 29.6 Å². The molecule has 2 aliphatic carbocycles. The van der Waals surface area contributed by atoms with Crippen LogP contribution in [-0.4, -0.2) is 65.0 Å². The molecule has 3 aromatic carbocycles. The number of fused-ring (bicyclic) bond motifs is 4. The maximum Gasteiger partial charge on any atom is 0.433 e. The minimum atomic E-state index is -4.84. The van der Waals surface area contributed by atoms with E-state index in [1.165, 1.54) is 51.6 Å². The first-order valence-electron chi connectivity index (χ1n) is 18.2. The molecule has 4 amide bonds. The van der Waals surface area contributed by atoms with Crippen molar-refractivity contribution in [3.63, 3.8) is 0 Å². The third kappa shape index (κ3) is 6.24. The molecule has 6 atom stereocenters. The molecule has 2 saturated heterocycles. The van der Waals surface area contributed by atoms with E-state index in [1.807, 2.05) is 0 Å². The van der Waals surface area contributed by atoms with Crippen LogP contribution in [0.2, 0.25) is 15.1 Å². The summed E-state index contributed by atoms with van der Waals surface area (Å²) in [5, 5.41) is 13.9. The van der Waals surface area contributed by atoms with Crippen molar-refractivity contribution < 1.29 is 46.9 Å². The number of allylic oxidation sites excluding steroid dienone is 2. The smallest absolute Gasteiger partial charge is 0.433 e. The SMILES string of the molecule is COc1ccc(C23C(=O)N(Nc4ccc(Cl)cc4Cl)C(=O)C2CC2C(=CCC4C(=O)N(N(C)c5nc(C(F)(F)F)ccc5Cl)C(=O)C42)C3c2ccc(OC)c(O)c2)cc1. The first-order valence-corrected chi connectivity index (χ1v) is 19.3. The molecule has 3 heterocycles. The number of nitrogens with zero attached hydrogens (tertiary/aromatic N) is 4. The fourth-order valence-electron chi connectivity index (χ4n) is 9.29. The van der Waals surface area contributed by atoms with Crippen molar-refractivity contribution in [2.75, 3.05) is 31.7 Å². The number of imide groups is 2. The Morgan fingerprint density at radius 2 is 1.61 bits per heavy atom. The molecule has 12 nitrogen and oxygen atoms in total. The van der Waals surface area contributed by atoms with Crippen LogP contribution in [0.4, 0.5) is 24.7 Å². The average molecular weight is 871 g/mol. The number of pyridine rings is 1. The second-order valence-electron chi connectivity index (χ2n) is 14.7. The minimum absolute atomic E-state index is 0.00163. The van der Waals surface area contributed by atoms with Crippen molar-refractivity contribution in [2.24, 2.45) is 23.7 Å². The lowest BCUT2D eigenvalue weighted by molar-refractivity contribution is -0.142. The minimum Gasteiger partial charge on any atom is -0.504 e. The van der Waals surface area contributed by atoms with Gasteiger partial charge in [-0.1, -0.05) is 64.7 Å². The van der Waals surface area contributed by atoms with Gasteiger partial charge in [0.1, 0.15) is 11.4 Å².